The number of amides is 3. The summed E-state index contributed by atoms with van der Waals surface area (Å²) < 4.78 is 16.7. The van der Waals surface area contributed by atoms with E-state index in [9.17, 15) is 29.1 Å². The Hall–Kier alpha value is -4.73. The molecule has 1 aromatic rings. The number of fused-ring (bicyclic) bond motifs is 2. The van der Waals surface area contributed by atoms with Crippen molar-refractivity contribution >= 4 is 29.5 Å². The Balaban J connectivity index is 1.66. The Bertz CT molecular complexity index is 1750. The van der Waals surface area contributed by atoms with Crippen LogP contribution in [0.4, 0.5) is 4.79 Å². The van der Waals surface area contributed by atoms with Gasteiger partial charge in [0.2, 0.25) is 11.6 Å². The molecule has 0 spiro atoms. The van der Waals surface area contributed by atoms with Crippen molar-refractivity contribution in [3.05, 3.63) is 93.9 Å². The van der Waals surface area contributed by atoms with E-state index in [1.54, 1.807) is 38.1 Å². The minimum Gasteiger partial charge on any atom is -0.439 e. The first-order valence-electron chi connectivity index (χ1n) is 18.5. The fourth-order valence-electron chi connectivity index (χ4n) is 6.93. The Labute approximate surface area is 323 Å². The number of rotatable bonds is 7. The van der Waals surface area contributed by atoms with Gasteiger partial charge in [-0.1, -0.05) is 50.3 Å². The topological polar surface area (TPSA) is 190 Å². The normalized spacial score (nSPS) is 29.3. The van der Waals surface area contributed by atoms with Gasteiger partial charge in [-0.15, -0.1) is 0 Å². The summed E-state index contributed by atoms with van der Waals surface area (Å²) in [7, 11) is 4.99. The number of aliphatic hydroxyl groups excluding tert-OH is 1. The molecule has 3 amide bonds. The highest BCUT2D eigenvalue weighted by Gasteiger charge is 2.34. The van der Waals surface area contributed by atoms with Crippen LogP contribution in [0.1, 0.15) is 56.5 Å². The van der Waals surface area contributed by atoms with Crippen LogP contribution in [0.3, 0.4) is 0 Å². The summed E-state index contributed by atoms with van der Waals surface area (Å²) in [5.74, 6) is -3.32. The summed E-state index contributed by atoms with van der Waals surface area (Å²) in [6.07, 6.45) is 3.07. The third-order valence-electron chi connectivity index (χ3n) is 10.3. The van der Waals surface area contributed by atoms with Crippen molar-refractivity contribution in [2.75, 3.05) is 47.4 Å². The summed E-state index contributed by atoms with van der Waals surface area (Å²) in [4.78, 5) is 71.1. The number of piperazine rings is 1. The number of hydrogen-bond acceptors (Lipinski definition) is 11. The molecule has 14 nitrogen and oxygen atoms in total. The number of ether oxygens (including phenoxy) is 3. The van der Waals surface area contributed by atoms with Gasteiger partial charge in [0.05, 0.1) is 23.6 Å². The van der Waals surface area contributed by atoms with E-state index in [2.05, 4.69) is 27.5 Å². The highest BCUT2D eigenvalue weighted by atomic mass is 16.6. The molecular weight excluding hydrogens is 706 g/mol. The van der Waals surface area contributed by atoms with E-state index < -0.39 is 59.8 Å². The maximum Gasteiger partial charge on any atom is 0.405 e. The van der Waals surface area contributed by atoms with Crippen molar-refractivity contribution in [3.8, 4) is 0 Å². The third-order valence-corrected chi connectivity index (χ3v) is 10.3. The average Bonchev–Trinajstić information content (AvgIpc) is 3.15. The number of aliphatic hydroxyl groups is 1. The molecule has 1 fully saturated rings. The minimum atomic E-state index is -1.04. The lowest BCUT2D eigenvalue weighted by molar-refractivity contribution is -0.120. The highest BCUT2D eigenvalue weighted by molar-refractivity contribution is 6.24. The quantitative estimate of drug-likeness (QED) is 0.236. The van der Waals surface area contributed by atoms with Gasteiger partial charge in [0.15, 0.2) is 6.10 Å². The van der Waals surface area contributed by atoms with Crippen LogP contribution < -0.4 is 16.4 Å². The summed E-state index contributed by atoms with van der Waals surface area (Å²) in [5.41, 5.74) is 7.12. The van der Waals surface area contributed by atoms with E-state index in [0.717, 1.165) is 44.4 Å². The Morgan fingerprint density at radius 1 is 1.02 bits per heavy atom. The fraction of sp³-hybridized carbons (Fsp3) is 0.488. The maximum atomic E-state index is 14.1. The molecule has 1 aromatic carbocycles. The molecule has 14 heteroatoms. The number of allylic oxidation sites excluding steroid dienone is 4. The second kappa shape index (κ2) is 19.7. The standard InChI is InChI=1S/C41H55N5O9/c1-24-19-30-35(44-40(51)29-13-11-28(12-14-29)23-46-17-15-45(5)16-18-46)32(47)22-31(37(30)49)43-39(50)25(2)9-8-10-33(53-6)38(55-41(42)52)27(4)21-26(3)36(48)34(20-24)54-7/h8-14,21-22,24,26,33-34,36,38,48H,15-20,23H2,1-7H3,(H2,42,52)(H,43,50)(H,44,51)/b10-8-,25-9-,27-21-/t24-,26+,33-,34-,36+,38-/m1/s1. The molecule has 55 heavy (non-hydrogen) atoms. The van der Waals surface area contributed by atoms with Crippen molar-refractivity contribution in [1.29, 1.82) is 0 Å². The van der Waals surface area contributed by atoms with Crippen LogP contribution in [0.15, 0.2) is 82.8 Å². The van der Waals surface area contributed by atoms with Crippen LogP contribution in [0.5, 0.6) is 0 Å². The summed E-state index contributed by atoms with van der Waals surface area (Å²) in [5, 5.41) is 16.7. The second-order valence-corrected chi connectivity index (χ2v) is 14.7. The zero-order valence-corrected chi connectivity index (χ0v) is 32.8. The predicted octanol–water partition coefficient (Wildman–Crippen LogP) is 2.94. The Morgan fingerprint density at radius 2 is 1.69 bits per heavy atom. The molecule has 2 bridgehead atoms. The van der Waals surface area contributed by atoms with Crippen molar-refractivity contribution in [2.45, 2.75) is 71.5 Å². The van der Waals surface area contributed by atoms with Gasteiger partial charge in [-0.2, -0.15) is 0 Å². The van der Waals surface area contributed by atoms with E-state index in [-0.39, 0.29) is 41.3 Å². The van der Waals surface area contributed by atoms with Crippen LogP contribution in [0.2, 0.25) is 0 Å². The Morgan fingerprint density at radius 3 is 2.31 bits per heavy atom. The number of carbonyl (C=O) groups is 5. The van der Waals surface area contributed by atoms with Gasteiger partial charge >= 0.3 is 6.09 Å². The highest BCUT2D eigenvalue weighted by Crippen LogP contribution is 2.29. The SMILES string of the molecule is CO[C@@H]1/C=C\C=C(\C)C(=O)NC2=CC(=O)C(NC(=O)c3ccc(CN4CCN(C)CC4)cc3)=C(C[C@@H](C)C[C@@H](OC)[C@@H](O)[C@@H](C)/C=C(/C)[C@H]1OC(N)=O)C2=O. The monoisotopic (exact) mass is 761 g/mol. The number of methoxy groups -OCH3 is 2. The summed E-state index contributed by atoms with van der Waals surface area (Å²) in [6.45, 7) is 11.5. The zero-order chi connectivity index (χ0) is 40.4. The van der Waals surface area contributed by atoms with E-state index >= 15 is 0 Å². The number of ketones is 2. The van der Waals surface area contributed by atoms with Crippen molar-refractivity contribution in [1.82, 2.24) is 20.4 Å². The van der Waals surface area contributed by atoms with Gasteiger partial charge in [0.25, 0.3) is 11.8 Å². The number of Topliss-reactive ketones (excluding diaryl/α,β-unsaturated/α-hetero) is 1. The van der Waals surface area contributed by atoms with Crippen molar-refractivity contribution in [3.63, 3.8) is 0 Å². The molecule has 0 radical (unpaired) electrons. The fourth-order valence-corrected chi connectivity index (χ4v) is 6.93. The average molecular weight is 762 g/mol. The molecule has 2 heterocycles. The predicted molar refractivity (Wildman–Crippen MR) is 206 cm³/mol. The molecular formula is C41H55N5O9. The number of nitrogens with two attached hydrogens (primary N) is 1. The van der Waals surface area contributed by atoms with Gasteiger partial charge in [-0.05, 0) is 62.9 Å². The van der Waals surface area contributed by atoms with Crippen LogP contribution in [-0.2, 0) is 35.1 Å². The summed E-state index contributed by atoms with van der Waals surface area (Å²) in [6, 6.07) is 7.15. The number of hydrogen-bond donors (Lipinski definition) is 4. The van der Waals surface area contributed by atoms with E-state index in [1.807, 2.05) is 19.1 Å². The Kier molecular flexibility index (Phi) is 15.4. The molecule has 1 saturated heterocycles. The van der Waals surface area contributed by atoms with Gasteiger partial charge < -0.3 is 40.6 Å². The van der Waals surface area contributed by atoms with Crippen LogP contribution >= 0.6 is 0 Å². The molecule has 3 aliphatic rings. The van der Waals surface area contributed by atoms with Crippen LogP contribution in [-0.4, -0.2) is 116 Å². The van der Waals surface area contributed by atoms with Crippen molar-refractivity contribution < 1.29 is 43.3 Å². The minimum absolute atomic E-state index is 0.0226. The first-order valence-corrected chi connectivity index (χ1v) is 18.5. The maximum absolute atomic E-state index is 14.1. The smallest absolute Gasteiger partial charge is 0.405 e. The number of carbonyl (C=O) groups excluding carboxylic acids is 5. The van der Waals surface area contributed by atoms with E-state index in [1.165, 1.54) is 33.3 Å². The number of likely N-dealkylation sites (N-methyl/N-ethyl adjacent to an activating group) is 1. The summed E-state index contributed by atoms with van der Waals surface area (Å²) >= 11 is 0. The molecule has 5 N–H and O–H groups in total. The molecule has 298 valence electrons. The van der Waals surface area contributed by atoms with Crippen LogP contribution in [0, 0.1) is 11.8 Å². The lowest BCUT2D eigenvalue weighted by Crippen LogP contribution is -2.43. The molecule has 1 aliphatic carbocycles. The number of benzene rings is 1. The van der Waals surface area contributed by atoms with E-state index in [4.69, 9.17) is 19.9 Å². The van der Waals surface area contributed by atoms with E-state index in [0.29, 0.717) is 11.1 Å². The van der Waals surface area contributed by atoms with Gasteiger partial charge in [-0.25, -0.2) is 4.79 Å². The second-order valence-electron chi connectivity index (χ2n) is 14.7. The lowest BCUT2D eigenvalue weighted by Gasteiger charge is -2.32. The third kappa shape index (κ3) is 11.6. The molecule has 6 atom stereocenters. The molecule has 0 unspecified atom stereocenters. The number of nitrogens with zero attached hydrogens (tertiary/aromatic N) is 2. The number of nitrogens with one attached hydrogen (secondary N) is 2. The molecule has 0 aromatic heterocycles. The van der Waals surface area contributed by atoms with Crippen LogP contribution in [0.25, 0.3) is 0 Å². The lowest BCUT2D eigenvalue weighted by atomic mass is 9.85. The molecule has 2 aliphatic heterocycles. The van der Waals surface area contributed by atoms with Gasteiger partial charge in [0, 0.05) is 75.6 Å². The first-order chi connectivity index (χ1) is 26.1. The first kappa shape index (κ1) is 43.0. The van der Waals surface area contributed by atoms with Crippen molar-refractivity contribution in [2.24, 2.45) is 17.6 Å². The van der Waals surface area contributed by atoms with Gasteiger partial charge in [0.1, 0.15) is 6.10 Å². The largest absolute Gasteiger partial charge is 0.439 e. The zero-order valence-electron chi connectivity index (χ0n) is 32.8. The number of primary amides is 1. The van der Waals surface area contributed by atoms with Gasteiger partial charge in [-0.3, -0.25) is 24.1 Å². The molecule has 0 saturated carbocycles. The molecule has 4 rings (SSSR count).